The standard InChI is InChI=1S/C23H32N4/c1-3-26(4-2)16-17-27-15-14-20(18-27)25-23(19-10-6-5-7-11-19)21-12-8-9-13-22(21)24/h5-13,23H,3-4,14-18,24H2,1-2H3. The molecule has 0 aromatic heterocycles. The molecule has 0 bridgehead atoms. The average Bonchev–Trinajstić information content (AvgIpc) is 3.16. The molecule has 0 radical (unpaired) electrons. The summed E-state index contributed by atoms with van der Waals surface area (Å²) >= 11 is 0. The number of benzene rings is 2. The summed E-state index contributed by atoms with van der Waals surface area (Å²) in [4.78, 5) is 10.2. The molecule has 1 aliphatic rings. The Morgan fingerprint density at radius 2 is 1.74 bits per heavy atom. The maximum absolute atomic E-state index is 6.29. The number of nitrogens with zero attached hydrogens (tertiary/aromatic N) is 3. The molecule has 0 aliphatic carbocycles. The van der Waals surface area contributed by atoms with Gasteiger partial charge in [0.15, 0.2) is 0 Å². The summed E-state index contributed by atoms with van der Waals surface area (Å²) in [6, 6.07) is 18.6. The predicted molar refractivity (Wildman–Crippen MR) is 115 cm³/mol. The second kappa shape index (κ2) is 9.67. The van der Waals surface area contributed by atoms with Crippen molar-refractivity contribution in [3.8, 4) is 0 Å². The Hall–Kier alpha value is -2.17. The molecule has 3 rings (SSSR count). The van der Waals surface area contributed by atoms with Crippen molar-refractivity contribution in [2.45, 2.75) is 26.3 Å². The van der Waals surface area contributed by atoms with E-state index in [2.05, 4.69) is 54.0 Å². The van der Waals surface area contributed by atoms with E-state index in [0.717, 1.165) is 56.9 Å². The van der Waals surface area contributed by atoms with Gasteiger partial charge >= 0.3 is 0 Å². The largest absolute Gasteiger partial charge is 0.398 e. The molecule has 4 heteroatoms. The molecule has 1 fully saturated rings. The molecule has 1 heterocycles. The first-order valence-corrected chi connectivity index (χ1v) is 10.1. The number of hydrogen-bond donors (Lipinski definition) is 1. The third kappa shape index (κ3) is 5.18. The van der Waals surface area contributed by atoms with Crippen LogP contribution in [0, 0.1) is 0 Å². The minimum atomic E-state index is -0.0230. The topological polar surface area (TPSA) is 44.9 Å². The van der Waals surface area contributed by atoms with Crippen LogP contribution >= 0.6 is 0 Å². The summed E-state index contributed by atoms with van der Waals surface area (Å²) in [5.41, 5.74) is 10.7. The lowest BCUT2D eigenvalue weighted by Gasteiger charge is -2.22. The van der Waals surface area contributed by atoms with E-state index >= 15 is 0 Å². The SMILES string of the molecule is CCN(CC)CCN1CCC(=NC(c2ccccc2)c2ccccc2N)C1. The Morgan fingerprint density at radius 3 is 2.44 bits per heavy atom. The van der Waals surface area contributed by atoms with Crippen LogP contribution in [0.3, 0.4) is 0 Å². The summed E-state index contributed by atoms with van der Waals surface area (Å²) in [6.45, 7) is 11.0. The van der Waals surface area contributed by atoms with E-state index in [1.54, 1.807) is 0 Å². The second-order valence-corrected chi connectivity index (χ2v) is 7.19. The van der Waals surface area contributed by atoms with Crippen LogP contribution in [0.1, 0.15) is 37.4 Å². The van der Waals surface area contributed by atoms with Crippen LogP contribution in [0.15, 0.2) is 59.6 Å². The van der Waals surface area contributed by atoms with Gasteiger partial charge in [-0.3, -0.25) is 9.89 Å². The van der Waals surface area contributed by atoms with Crippen molar-refractivity contribution >= 4 is 11.4 Å². The van der Waals surface area contributed by atoms with Crippen molar-refractivity contribution in [1.29, 1.82) is 0 Å². The minimum absolute atomic E-state index is 0.0230. The molecule has 1 aliphatic heterocycles. The summed E-state index contributed by atoms with van der Waals surface area (Å²) in [5, 5.41) is 0. The number of nitrogens with two attached hydrogens (primary N) is 1. The monoisotopic (exact) mass is 364 g/mol. The zero-order valence-corrected chi connectivity index (χ0v) is 16.6. The molecule has 2 aromatic carbocycles. The van der Waals surface area contributed by atoms with Crippen molar-refractivity contribution in [2.24, 2.45) is 4.99 Å². The number of anilines is 1. The van der Waals surface area contributed by atoms with Gasteiger partial charge in [-0.05, 0) is 31.1 Å². The minimum Gasteiger partial charge on any atom is -0.398 e. The molecule has 1 saturated heterocycles. The molecule has 2 aromatic rings. The third-order valence-corrected chi connectivity index (χ3v) is 5.47. The lowest BCUT2D eigenvalue weighted by Crippen LogP contribution is -2.34. The van der Waals surface area contributed by atoms with Crippen LogP contribution in [0.25, 0.3) is 0 Å². The van der Waals surface area contributed by atoms with Crippen molar-refractivity contribution < 1.29 is 0 Å². The van der Waals surface area contributed by atoms with Crippen LogP contribution in [0.2, 0.25) is 0 Å². The van der Waals surface area contributed by atoms with Crippen LogP contribution in [0.4, 0.5) is 5.69 Å². The first-order valence-electron chi connectivity index (χ1n) is 10.1. The van der Waals surface area contributed by atoms with Crippen molar-refractivity contribution in [2.75, 3.05) is 45.0 Å². The Bertz CT molecular complexity index is 737. The Kier molecular flexibility index (Phi) is 7.02. The molecule has 144 valence electrons. The number of nitrogen functional groups attached to an aromatic ring is 1. The van der Waals surface area contributed by atoms with Crippen LogP contribution in [-0.4, -0.2) is 54.8 Å². The molecule has 1 atom stereocenters. The summed E-state index contributed by atoms with van der Waals surface area (Å²) < 4.78 is 0. The number of likely N-dealkylation sites (tertiary alicyclic amines) is 1. The van der Waals surface area contributed by atoms with Gasteiger partial charge in [0.1, 0.15) is 6.04 Å². The van der Waals surface area contributed by atoms with Gasteiger partial charge in [0.05, 0.1) is 0 Å². The smallest absolute Gasteiger partial charge is 0.102 e. The lowest BCUT2D eigenvalue weighted by molar-refractivity contribution is 0.244. The van der Waals surface area contributed by atoms with Crippen LogP contribution in [0.5, 0.6) is 0 Å². The fourth-order valence-corrected chi connectivity index (χ4v) is 3.72. The number of aliphatic imine (C=N–C) groups is 1. The van der Waals surface area contributed by atoms with Crippen molar-refractivity contribution in [3.63, 3.8) is 0 Å². The van der Waals surface area contributed by atoms with Gasteiger partial charge in [0, 0.05) is 43.1 Å². The third-order valence-electron chi connectivity index (χ3n) is 5.47. The van der Waals surface area contributed by atoms with Crippen LogP contribution in [-0.2, 0) is 0 Å². The van der Waals surface area contributed by atoms with E-state index in [4.69, 9.17) is 10.7 Å². The molecule has 4 nitrogen and oxygen atoms in total. The van der Waals surface area contributed by atoms with E-state index in [1.165, 1.54) is 11.3 Å². The maximum Gasteiger partial charge on any atom is 0.102 e. The number of hydrogen-bond acceptors (Lipinski definition) is 4. The number of likely N-dealkylation sites (N-methyl/N-ethyl adjacent to an activating group) is 1. The first-order chi connectivity index (χ1) is 13.2. The summed E-state index contributed by atoms with van der Waals surface area (Å²) in [5.74, 6) is 0. The predicted octanol–water partition coefficient (Wildman–Crippen LogP) is 3.85. The quantitative estimate of drug-likeness (QED) is 0.724. The molecule has 27 heavy (non-hydrogen) atoms. The zero-order chi connectivity index (χ0) is 19.1. The van der Waals surface area contributed by atoms with Gasteiger partial charge in [-0.1, -0.05) is 62.4 Å². The average molecular weight is 365 g/mol. The van der Waals surface area contributed by atoms with Gasteiger partial charge in [-0.2, -0.15) is 0 Å². The molecule has 0 amide bonds. The summed E-state index contributed by atoms with van der Waals surface area (Å²) in [6.07, 6.45) is 1.05. The summed E-state index contributed by atoms with van der Waals surface area (Å²) in [7, 11) is 0. The molecule has 1 unspecified atom stereocenters. The van der Waals surface area contributed by atoms with E-state index < -0.39 is 0 Å². The van der Waals surface area contributed by atoms with Gasteiger partial charge in [-0.15, -0.1) is 0 Å². The normalized spacial score (nSPS) is 17.7. The number of para-hydroxylation sites is 1. The maximum atomic E-state index is 6.29. The molecule has 0 spiro atoms. The molecule has 0 saturated carbocycles. The fourth-order valence-electron chi connectivity index (χ4n) is 3.72. The van der Waals surface area contributed by atoms with E-state index in [-0.39, 0.29) is 6.04 Å². The van der Waals surface area contributed by atoms with E-state index in [9.17, 15) is 0 Å². The van der Waals surface area contributed by atoms with Gasteiger partial charge in [0.25, 0.3) is 0 Å². The Labute approximate surface area is 163 Å². The van der Waals surface area contributed by atoms with Gasteiger partial charge in [0.2, 0.25) is 0 Å². The second-order valence-electron chi connectivity index (χ2n) is 7.19. The fraction of sp³-hybridized carbons (Fsp3) is 0.435. The Balaban J connectivity index is 1.76. The van der Waals surface area contributed by atoms with E-state index in [0.29, 0.717) is 0 Å². The first kappa shape index (κ1) is 19.6. The van der Waals surface area contributed by atoms with E-state index in [1.807, 2.05) is 24.3 Å². The van der Waals surface area contributed by atoms with Crippen LogP contribution < -0.4 is 5.73 Å². The lowest BCUT2D eigenvalue weighted by atomic mass is 9.97. The highest BCUT2D eigenvalue weighted by atomic mass is 15.2. The zero-order valence-electron chi connectivity index (χ0n) is 16.6. The van der Waals surface area contributed by atoms with Gasteiger partial charge < -0.3 is 10.6 Å². The highest BCUT2D eigenvalue weighted by molar-refractivity contribution is 5.88. The molecular weight excluding hydrogens is 332 g/mol. The molecule has 2 N–H and O–H groups in total. The van der Waals surface area contributed by atoms with Gasteiger partial charge in [-0.25, -0.2) is 0 Å². The highest BCUT2D eigenvalue weighted by Crippen LogP contribution is 2.31. The Morgan fingerprint density at radius 1 is 1.04 bits per heavy atom. The van der Waals surface area contributed by atoms with Crippen molar-refractivity contribution in [1.82, 2.24) is 9.80 Å². The van der Waals surface area contributed by atoms with Crippen molar-refractivity contribution in [3.05, 3.63) is 65.7 Å². The highest BCUT2D eigenvalue weighted by Gasteiger charge is 2.22. The number of rotatable bonds is 8. The molecular formula is C23H32N4.